The van der Waals surface area contributed by atoms with E-state index in [1.165, 1.54) is 38.5 Å². The maximum Gasteiger partial charge on any atom is 0.522 e. The Kier molecular flexibility index (Phi) is 8.28. The minimum Gasteiger partial charge on any atom is -0.282 e. The molecule has 0 N–H and O–H groups in total. The third kappa shape index (κ3) is 6.41. The third-order valence-electron chi connectivity index (χ3n) is 9.72. The molecule has 0 aromatic heterocycles. The van der Waals surface area contributed by atoms with Gasteiger partial charge in [-0.05, 0) is 112 Å². The zero-order valence-electron chi connectivity index (χ0n) is 19.7. The van der Waals surface area contributed by atoms with Gasteiger partial charge in [0.15, 0.2) is 0 Å². The Hall–Kier alpha value is -0.460. The summed E-state index contributed by atoms with van der Waals surface area (Å²) in [6.07, 6.45) is -0.789. The van der Waals surface area contributed by atoms with Crippen molar-refractivity contribution in [2.75, 3.05) is 0 Å². The number of halogens is 6. The minimum absolute atomic E-state index is 0.248. The van der Waals surface area contributed by atoms with Crippen molar-refractivity contribution in [3.63, 3.8) is 0 Å². The van der Waals surface area contributed by atoms with Crippen molar-refractivity contribution in [1.82, 2.24) is 0 Å². The molecule has 33 heavy (non-hydrogen) atoms. The Morgan fingerprint density at radius 3 is 1.45 bits per heavy atom. The van der Waals surface area contributed by atoms with Crippen molar-refractivity contribution in [2.45, 2.75) is 121 Å². The molecule has 4 saturated carbocycles. The lowest BCUT2D eigenvalue weighted by Crippen LogP contribution is -2.48. The highest BCUT2D eigenvalue weighted by atomic mass is 19.4. The van der Waals surface area contributed by atoms with Crippen molar-refractivity contribution in [3.8, 4) is 0 Å². The number of rotatable bonds is 4. The van der Waals surface area contributed by atoms with Gasteiger partial charge in [0.25, 0.3) is 0 Å². The van der Waals surface area contributed by atoms with Gasteiger partial charge in [0.1, 0.15) is 24.6 Å². The van der Waals surface area contributed by atoms with E-state index in [1.54, 1.807) is 0 Å². The van der Waals surface area contributed by atoms with Gasteiger partial charge in [-0.2, -0.15) is 0 Å². The van der Waals surface area contributed by atoms with E-state index in [9.17, 15) is 22.0 Å². The van der Waals surface area contributed by atoms with Crippen LogP contribution in [-0.2, 0) is 4.74 Å². The van der Waals surface area contributed by atoms with Gasteiger partial charge >= 0.3 is 6.36 Å². The number of hydrogen-bond acceptors (Lipinski definition) is 1. The fourth-order valence-corrected chi connectivity index (χ4v) is 7.79. The molecule has 0 heterocycles. The number of ether oxygens (including phenoxy) is 1. The fourth-order valence-electron chi connectivity index (χ4n) is 7.79. The van der Waals surface area contributed by atoms with E-state index in [2.05, 4.69) is 11.7 Å². The van der Waals surface area contributed by atoms with Gasteiger partial charge in [-0.1, -0.05) is 19.8 Å². The van der Waals surface area contributed by atoms with Crippen LogP contribution in [0.3, 0.4) is 0 Å². The normalized spacial score (nSPS) is 47.9. The molecular weight excluding hydrogens is 442 g/mol. The first-order chi connectivity index (χ1) is 15.6. The largest absolute Gasteiger partial charge is 0.522 e. The average Bonchev–Trinajstić information content (AvgIpc) is 2.76. The molecule has 4 rings (SSSR count). The average molecular weight is 483 g/mol. The summed E-state index contributed by atoms with van der Waals surface area (Å²) >= 11 is 0. The minimum atomic E-state index is -5.07. The van der Waals surface area contributed by atoms with E-state index in [0.29, 0.717) is 24.7 Å². The molecule has 4 aliphatic rings. The SMILES string of the molecule is CC1CCC(C2CCC(C3CCC(C4CC(F)C(OC(F)(F)F)C(F)C4)C(F)C3)CC2)CC1. The van der Waals surface area contributed by atoms with E-state index in [1.807, 2.05) is 0 Å². The van der Waals surface area contributed by atoms with Gasteiger partial charge in [-0.3, -0.25) is 4.74 Å². The second-order valence-electron chi connectivity index (χ2n) is 11.7. The van der Waals surface area contributed by atoms with Crippen LogP contribution in [0.4, 0.5) is 26.3 Å². The molecular formula is C26H40F6O. The molecule has 0 saturated heterocycles. The number of alkyl halides is 6. The van der Waals surface area contributed by atoms with E-state index < -0.39 is 42.8 Å². The molecule has 192 valence electrons. The topological polar surface area (TPSA) is 9.23 Å². The van der Waals surface area contributed by atoms with E-state index in [-0.39, 0.29) is 12.8 Å². The maximum absolute atomic E-state index is 15.2. The molecule has 4 aliphatic carbocycles. The summed E-state index contributed by atoms with van der Waals surface area (Å²) in [5.74, 6) is 2.42. The van der Waals surface area contributed by atoms with Crippen molar-refractivity contribution in [2.24, 2.45) is 41.4 Å². The Morgan fingerprint density at radius 1 is 0.545 bits per heavy atom. The first-order valence-corrected chi connectivity index (χ1v) is 13.3. The summed E-state index contributed by atoms with van der Waals surface area (Å²) in [5.41, 5.74) is 0. The Bertz CT molecular complexity index is 598. The van der Waals surface area contributed by atoms with Gasteiger partial charge in [0.2, 0.25) is 0 Å². The van der Waals surface area contributed by atoms with Crippen LogP contribution in [0.25, 0.3) is 0 Å². The summed E-state index contributed by atoms with van der Waals surface area (Å²) in [4.78, 5) is 0. The lowest BCUT2D eigenvalue weighted by Gasteiger charge is -2.45. The second kappa shape index (κ2) is 10.7. The molecule has 4 fully saturated rings. The summed E-state index contributed by atoms with van der Waals surface area (Å²) in [6, 6.07) is 0. The summed E-state index contributed by atoms with van der Waals surface area (Å²) in [5, 5.41) is 0. The van der Waals surface area contributed by atoms with Crippen LogP contribution in [0.2, 0.25) is 0 Å². The smallest absolute Gasteiger partial charge is 0.282 e. The van der Waals surface area contributed by atoms with E-state index in [4.69, 9.17) is 0 Å². The van der Waals surface area contributed by atoms with Gasteiger partial charge in [0.05, 0.1) is 0 Å². The summed E-state index contributed by atoms with van der Waals surface area (Å²) in [7, 11) is 0. The van der Waals surface area contributed by atoms with Gasteiger partial charge in [-0.15, -0.1) is 13.2 Å². The molecule has 5 unspecified atom stereocenters. The monoisotopic (exact) mass is 482 g/mol. The molecule has 0 aliphatic heterocycles. The molecule has 1 nitrogen and oxygen atoms in total. The van der Waals surface area contributed by atoms with Crippen LogP contribution in [0.5, 0.6) is 0 Å². The zero-order valence-corrected chi connectivity index (χ0v) is 19.7. The van der Waals surface area contributed by atoms with Crippen LogP contribution in [0.15, 0.2) is 0 Å². The summed E-state index contributed by atoms with van der Waals surface area (Å²) < 4.78 is 84.9. The zero-order chi connectivity index (χ0) is 23.8. The lowest BCUT2D eigenvalue weighted by molar-refractivity contribution is -0.358. The van der Waals surface area contributed by atoms with Crippen LogP contribution in [-0.4, -0.2) is 31.0 Å². The van der Waals surface area contributed by atoms with E-state index >= 15 is 4.39 Å². The van der Waals surface area contributed by atoms with Gasteiger partial charge in [-0.25, -0.2) is 13.2 Å². The maximum atomic E-state index is 15.2. The number of hydrogen-bond donors (Lipinski definition) is 0. The molecule has 0 aromatic carbocycles. The highest BCUT2D eigenvalue weighted by Crippen LogP contribution is 2.49. The first-order valence-electron chi connectivity index (χ1n) is 13.3. The predicted octanol–water partition coefficient (Wildman–Crippen LogP) is 8.36. The summed E-state index contributed by atoms with van der Waals surface area (Å²) in [6.45, 7) is 2.35. The highest BCUT2D eigenvalue weighted by molar-refractivity contribution is 4.95. The standard InChI is InChI=1S/C26H40F6O/c1-15-2-4-16(5-3-15)17-6-8-18(9-7-17)19-10-11-21(22(27)12-19)20-13-23(28)25(24(29)14-20)33-26(30,31)32/h15-25H,2-14H2,1H3. The van der Waals surface area contributed by atoms with Crippen molar-refractivity contribution in [3.05, 3.63) is 0 Å². The van der Waals surface area contributed by atoms with Crippen LogP contribution in [0.1, 0.15) is 90.4 Å². The van der Waals surface area contributed by atoms with Gasteiger partial charge < -0.3 is 0 Å². The Balaban J connectivity index is 1.24. The van der Waals surface area contributed by atoms with Crippen molar-refractivity contribution in [1.29, 1.82) is 0 Å². The molecule has 0 radical (unpaired) electrons. The first kappa shape index (κ1) is 25.6. The van der Waals surface area contributed by atoms with Crippen LogP contribution >= 0.6 is 0 Å². The quantitative estimate of drug-likeness (QED) is 0.366. The lowest BCUT2D eigenvalue weighted by atomic mass is 9.63. The van der Waals surface area contributed by atoms with Crippen LogP contribution < -0.4 is 0 Å². The van der Waals surface area contributed by atoms with Crippen LogP contribution in [0, 0.1) is 41.4 Å². The third-order valence-corrected chi connectivity index (χ3v) is 9.72. The van der Waals surface area contributed by atoms with Crippen molar-refractivity contribution < 1.29 is 31.1 Å². The molecule has 0 aromatic rings. The highest BCUT2D eigenvalue weighted by Gasteiger charge is 2.49. The molecule has 0 spiro atoms. The fraction of sp³-hybridized carbons (Fsp3) is 1.00. The molecule has 7 heteroatoms. The Labute approximate surface area is 194 Å². The molecule has 0 amide bonds. The second-order valence-corrected chi connectivity index (χ2v) is 11.7. The molecule has 0 bridgehead atoms. The predicted molar refractivity (Wildman–Crippen MR) is 116 cm³/mol. The van der Waals surface area contributed by atoms with Crippen molar-refractivity contribution >= 4 is 0 Å². The molecule has 5 atom stereocenters. The van der Waals surface area contributed by atoms with Gasteiger partial charge in [0, 0.05) is 0 Å². The Morgan fingerprint density at radius 2 is 0.970 bits per heavy atom. The van der Waals surface area contributed by atoms with E-state index in [0.717, 1.165) is 37.0 Å².